The second-order valence-electron chi connectivity index (χ2n) is 8.21. The van der Waals surface area contributed by atoms with Crippen LogP contribution in [0.25, 0.3) is 6.08 Å². The molecule has 178 valence electrons. The number of hydrogen-bond acceptors (Lipinski definition) is 5. The van der Waals surface area contributed by atoms with Crippen molar-refractivity contribution in [2.24, 2.45) is 17.8 Å². The van der Waals surface area contributed by atoms with Crippen molar-refractivity contribution < 1.29 is 23.2 Å². The van der Waals surface area contributed by atoms with Gasteiger partial charge in [0.2, 0.25) is 21.8 Å². The number of para-hydroxylation sites is 1. The SMILES string of the molecule is CC(C)C[C@@H](C(=O)NN(c1ccccc1)S(C)(=O)=O)[C@H](CC=Cc1ccccc1)C(=O)NO. The molecule has 2 aromatic carbocycles. The molecule has 0 aliphatic heterocycles. The van der Waals surface area contributed by atoms with E-state index in [-0.39, 0.29) is 18.0 Å². The Hall–Kier alpha value is -3.17. The number of nitrogens with one attached hydrogen (secondary N) is 2. The smallest absolute Gasteiger partial charge is 0.249 e. The number of hydrogen-bond donors (Lipinski definition) is 3. The van der Waals surface area contributed by atoms with E-state index in [1.807, 2.05) is 50.3 Å². The molecular formula is C24H31N3O5S. The van der Waals surface area contributed by atoms with Crippen LogP contribution in [0.2, 0.25) is 0 Å². The van der Waals surface area contributed by atoms with Gasteiger partial charge in [0.1, 0.15) is 0 Å². The highest BCUT2D eigenvalue weighted by atomic mass is 32.2. The highest BCUT2D eigenvalue weighted by Gasteiger charge is 2.35. The van der Waals surface area contributed by atoms with E-state index in [1.165, 1.54) is 0 Å². The molecule has 0 radical (unpaired) electrons. The number of sulfonamides is 1. The van der Waals surface area contributed by atoms with Crippen molar-refractivity contribution in [3.8, 4) is 0 Å². The fraction of sp³-hybridized carbons (Fsp3) is 0.333. The van der Waals surface area contributed by atoms with Crippen LogP contribution in [0, 0.1) is 17.8 Å². The van der Waals surface area contributed by atoms with E-state index >= 15 is 0 Å². The Labute approximate surface area is 195 Å². The zero-order valence-electron chi connectivity index (χ0n) is 19.0. The van der Waals surface area contributed by atoms with Gasteiger partial charge in [-0.2, -0.15) is 4.41 Å². The Balaban J connectivity index is 2.33. The summed E-state index contributed by atoms with van der Waals surface area (Å²) in [6, 6.07) is 17.6. The lowest BCUT2D eigenvalue weighted by molar-refractivity contribution is -0.140. The molecule has 0 aliphatic rings. The summed E-state index contributed by atoms with van der Waals surface area (Å²) in [6.07, 6.45) is 5.07. The Bertz CT molecular complexity index is 1040. The predicted octanol–water partition coefficient (Wildman–Crippen LogP) is 3.37. The Kier molecular flexibility index (Phi) is 9.62. The largest absolute Gasteiger partial charge is 0.289 e. The van der Waals surface area contributed by atoms with E-state index in [4.69, 9.17) is 0 Å². The third-order valence-electron chi connectivity index (χ3n) is 5.03. The molecule has 0 bridgehead atoms. The Morgan fingerprint density at radius 3 is 2.06 bits per heavy atom. The van der Waals surface area contributed by atoms with Crippen LogP contribution < -0.4 is 15.3 Å². The van der Waals surface area contributed by atoms with Crippen molar-refractivity contribution in [1.82, 2.24) is 10.9 Å². The van der Waals surface area contributed by atoms with Gasteiger partial charge in [0, 0.05) is 0 Å². The lowest BCUT2D eigenvalue weighted by Gasteiger charge is -2.29. The van der Waals surface area contributed by atoms with Gasteiger partial charge in [-0.1, -0.05) is 74.5 Å². The summed E-state index contributed by atoms with van der Waals surface area (Å²) in [6.45, 7) is 3.80. The molecule has 2 rings (SSSR count). The van der Waals surface area contributed by atoms with Gasteiger partial charge in [-0.25, -0.2) is 13.9 Å². The maximum absolute atomic E-state index is 13.3. The second-order valence-corrected chi connectivity index (χ2v) is 10.0. The van der Waals surface area contributed by atoms with Crippen molar-refractivity contribution >= 4 is 33.6 Å². The van der Waals surface area contributed by atoms with Gasteiger partial charge < -0.3 is 0 Å². The van der Waals surface area contributed by atoms with E-state index < -0.39 is 33.7 Å². The maximum atomic E-state index is 13.3. The number of nitrogens with zero attached hydrogens (tertiary/aromatic N) is 1. The molecule has 0 unspecified atom stereocenters. The van der Waals surface area contributed by atoms with Crippen molar-refractivity contribution in [2.75, 3.05) is 10.7 Å². The van der Waals surface area contributed by atoms with Gasteiger partial charge in [0.15, 0.2) is 0 Å². The summed E-state index contributed by atoms with van der Waals surface area (Å²) in [5.41, 5.74) is 5.32. The van der Waals surface area contributed by atoms with Crippen LogP contribution >= 0.6 is 0 Å². The topological polar surface area (TPSA) is 116 Å². The van der Waals surface area contributed by atoms with E-state index in [0.29, 0.717) is 6.42 Å². The first-order chi connectivity index (χ1) is 15.6. The quantitative estimate of drug-likeness (QED) is 0.342. The normalized spacial score (nSPS) is 13.5. The van der Waals surface area contributed by atoms with E-state index in [9.17, 15) is 23.2 Å². The van der Waals surface area contributed by atoms with Crippen LogP contribution in [-0.2, 0) is 19.6 Å². The molecule has 0 aliphatic carbocycles. The van der Waals surface area contributed by atoms with Gasteiger partial charge in [0.25, 0.3) is 0 Å². The molecule has 0 saturated heterocycles. The zero-order valence-corrected chi connectivity index (χ0v) is 19.8. The van der Waals surface area contributed by atoms with Crippen molar-refractivity contribution in [3.05, 3.63) is 72.3 Å². The second kappa shape index (κ2) is 12.2. The lowest BCUT2D eigenvalue weighted by atomic mass is 9.82. The summed E-state index contributed by atoms with van der Waals surface area (Å²) < 4.78 is 25.6. The number of carbonyl (C=O) groups is 2. The van der Waals surface area contributed by atoms with Crippen molar-refractivity contribution in [1.29, 1.82) is 0 Å². The van der Waals surface area contributed by atoms with E-state index in [1.54, 1.807) is 41.9 Å². The van der Waals surface area contributed by atoms with Gasteiger partial charge in [0.05, 0.1) is 23.8 Å². The molecule has 3 N–H and O–H groups in total. The van der Waals surface area contributed by atoms with Crippen LogP contribution in [0.15, 0.2) is 66.7 Å². The average molecular weight is 474 g/mol. The number of rotatable bonds is 11. The van der Waals surface area contributed by atoms with Crippen molar-refractivity contribution in [2.45, 2.75) is 26.7 Å². The monoisotopic (exact) mass is 473 g/mol. The minimum Gasteiger partial charge on any atom is -0.289 e. The summed E-state index contributed by atoms with van der Waals surface area (Å²) in [4.78, 5) is 25.8. The Morgan fingerprint density at radius 1 is 0.970 bits per heavy atom. The average Bonchev–Trinajstić information content (AvgIpc) is 2.78. The molecule has 0 heterocycles. The van der Waals surface area contributed by atoms with Gasteiger partial charge in [-0.15, -0.1) is 0 Å². The van der Waals surface area contributed by atoms with Crippen molar-refractivity contribution in [3.63, 3.8) is 0 Å². The van der Waals surface area contributed by atoms with Gasteiger partial charge >= 0.3 is 0 Å². The minimum absolute atomic E-state index is 0.0382. The van der Waals surface area contributed by atoms with Crippen LogP contribution in [-0.4, -0.2) is 31.7 Å². The molecule has 2 amide bonds. The lowest BCUT2D eigenvalue weighted by Crippen LogP contribution is -2.51. The number of hydroxylamine groups is 1. The molecule has 0 fully saturated rings. The molecule has 9 heteroatoms. The minimum atomic E-state index is -3.84. The molecule has 8 nitrogen and oxygen atoms in total. The molecule has 0 saturated carbocycles. The Morgan fingerprint density at radius 2 is 1.55 bits per heavy atom. The van der Waals surface area contributed by atoms with E-state index in [0.717, 1.165) is 16.2 Å². The van der Waals surface area contributed by atoms with Crippen LogP contribution in [0.3, 0.4) is 0 Å². The molecule has 2 aromatic rings. The fourth-order valence-corrected chi connectivity index (χ4v) is 4.26. The number of anilines is 1. The standard InChI is InChI=1S/C24H31N3O5S/c1-18(2)17-22(21(24(29)26-30)16-10-13-19-11-6-4-7-12-19)23(28)25-27(33(3,31)32)20-14-8-5-9-15-20/h4-15,18,21-22,30H,16-17H2,1-3H3,(H,25,28)(H,26,29)/t21-,22+/m0/s1. The first-order valence-electron chi connectivity index (χ1n) is 10.6. The predicted molar refractivity (Wildman–Crippen MR) is 128 cm³/mol. The number of amides is 2. The third-order valence-corrected chi connectivity index (χ3v) is 5.99. The molecule has 2 atom stereocenters. The summed E-state index contributed by atoms with van der Waals surface area (Å²) >= 11 is 0. The van der Waals surface area contributed by atoms with Crippen LogP contribution in [0.5, 0.6) is 0 Å². The summed E-state index contributed by atoms with van der Waals surface area (Å²) in [5, 5.41) is 9.31. The zero-order chi connectivity index (χ0) is 24.4. The molecule has 0 spiro atoms. The van der Waals surface area contributed by atoms with Crippen LogP contribution in [0.4, 0.5) is 5.69 Å². The number of benzene rings is 2. The maximum Gasteiger partial charge on any atom is 0.249 e. The highest BCUT2D eigenvalue weighted by molar-refractivity contribution is 7.92. The van der Waals surface area contributed by atoms with Gasteiger partial charge in [-0.3, -0.25) is 20.2 Å². The molecule has 0 aromatic heterocycles. The molecular weight excluding hydrogens is 442 g/mol. The number of allylic oxidation sites excluding steroid dienone is 1. The first kappa shape index (κ1) is 26.1. The van der Waals surface area contributed by atoms with Crippen LogP contribution in [0.1, 0.15) is 32.3 Å². The number of carbonyl (C=O) groups excluding carboxylic acids is 2. The fourth-order valence-electron chi connectivity index (χ4n) is 3.50. The summed E-state index contributed by atoms with van der Waals surface area (Å²) in [5.74, 6) is -3.09. The number of hydrazine groups is 1. The highest BCUT2D eigenvalue weighted by Crippen LogP contribution is 2.26. The summed E-state index contributed by atoms with van der Waals surface area (Å²) in [7, 11) is -3.84. The third kappa shape index (κ3) is 8.03. The molecule has 33 heavy (non-hydrogen) atoms. The first-order valence-corrected chi connectivity index (χ1v) is 12.5. The van der Waals surface area contributed by atoms with E-state index in [2.05, 4.69) is 5.43 Å². The van der Waals surface area contributed by atoms with Gasteiger partial charge in [-0.05, 0) is 36.5 Å².